The third-order valence-corrected chi connectivity index (χ3v) is 5.68. The molecule has 4 aromatic rings. The number of anilines is 2. The summed E-state index contributed by atoms with van der Waals surface area (Å²) >= 11 is 0. The molecule has 1 amide bonds. The summed E-state index contributed by atoms with van der Waals surface area (Å²) in [6, 6.07) is 10.1. The number of fused-ring (bicyclic) bond motifs is 1. The van der Waals surface area contributed by atoms with Crippen LogP contribution in [0.3, 0.4) is 0 Å². The van der Waals surface area contributed by atoms with Crippen molar-refractivity contribution in [1.29, 1.82) is 0 Å². The summed E-state index contributed by atoms with van der Waals surface area (Å²) in [5.74, 6) is -0.253. The molecular formula is C24H23N7O. The summed E-state index contributed by atoms with van der Waals surface area (Å²) in [4.78, 5) is 30.4. The maximum absolute atomic E-state index is 12.0. The molecule has 0 radical (unpaired) electrons. The predicted molar refractivity (Wildman–Crippen MR) is 126 cm³/mol. The van der Waals surface area contributed by atoms with E-state index >= 15 is 0 Å². The van der Waals surface area contributed by atoms with E-state index < -0.39 is 0 Å². The lowest BCUT2D eigenvalue weighted by atomic mass is 10.0. The number of hydrogen-bond acceptors (Lipinski definition) is 6. The second kappa shape index (κ2) is 8.24. The van der Waals surface area contributed by atoms with E-state index in [1.165, 1.54) is 12.4 Å². The highest BCUT2D eigenvalue weighted by molar-refractivity contribution is 6.00. The zero-order chi connectivity index (χ0) is 22.1. The summed E-state index contributed by atoms with van der Waals surface area (Å²) in [7, 11) is 0. The fourth-order valence-electron chi connectivity index (χ4n) is 4.07. The number of carbonyl (C=O) groups is 1. The Hall–Kier alpha value is -4.04. The minimum absolute atomic E-state index is 0.151. The van der Waals surface area contributed by atoms with Crippen LogP contribution in [0.25, 0.3) is 33.4 Å². The van der Waals surface area contributed by atoms with Crippen molar-refractivity contribution >= 4 is 28.3 Å². The molecule has 0 aliphatic carbocycles. The Bertz CT molecular complexity index is 1300. The monoisotopic (exact) mass is 425 g/mol. The van der Waals surface area contributed by atoms with Gasteiger partial charge in [0, 0.05) is 65.6 Å². The van der Waals surface area contributed by atoms with Gasteiger partial charge in [0.2, 0.25) is 5.91 Å². The van der Waals surface area contributed by atoms with Gasteiger partial charge in [0.25, 0.3) is 0 Å². The molecular weight excluding hydrogens is 402 g/mol. The van der Waals surface area contributed by atoms with Gasteiger partial charge < -0.3 is 20.9 Å². The molecule has 4 heterocycles. The first-order valence-corrected chi connectivity index (χ1v) is 10.4. The molecule has 1 aromatic carbocycles. The van der Waals surface area contributed by atoms with Gasteiger partial charge in [0.05, 0.1) is 5.69 Å². The van der Waals surface area contributed by atoms with Gasteiger partial charge in [-0.2, -0.15) is 0 Å². The van der Waals surface area contributed by atoms with Gasteiger partial charge in [-0.05, 0) is 48.4 Å². The Morgan fingerprint density at radius 2 is 2.16 bits per heavy atom. The number of nitrogens with one attached hydrogen (secondary N) is 2. The lowest BCUT2D eigenvalue weighted by molar-refractivity contribution is -0.111. The third kappa shape index (κ3) is 3.83. The van der Waals surface area contributed by atoms with Crippen molar-refractivity contribution in [2.75, 3.05) is 23.3 Å². The standard InChI is InChI=1S/C24H23N7O/c1-2-23(32)30-18-7-15(8-19(10-18)31-6-4-17(25)13-31)16-9-20-21(12-28-24(20)27-11-16)22-3-5-26-14-29-22/h2-3,5,7-12,14,17H,1,4,6,13,25H2,(H,27,28)(H,30,32)/t17-/m1/s1. The van der Waals surface area contributed by atoms with Crippen LogP contribution in [-0.4, -0.2) is 45.0 Å². The molecule has 1 atom stereocenters. The highest BCUT2D eigenvalue weighted by Crippen LogP contribution is 2.34. The summed E-state index contributed by atoms with van der Waals surface area (Å²) < 4.78 is 0. The molecule has 1 aliphatic heterocycles. The number of pyridine rings is 1. The maximum atomic E-state index is 12.0. The lowest BCUT2D eigenvalue weighted by Gasteiger charge is -2.20. The first-order valence-electron chi connectivity index (χ1n) is 10.4. The summed E-state index contributed by atoms with van der Waals surface area (Å²) in [6.45, 7) is 5.22. The van der Waals surface area contributed by atoms with Gasteiger partial charge in [-0.25, -0.2) is 15.0 Å². The van der Waals surface area contributed by atoms with Crippen molar-refractivity contribution in [2.45, 2.75) is 12.5 Å². The SMILES string of the molecule is C=CC(=O)Nc1cc(-c2cnc3[nH]cc(-c4ccncn4)c3c2)cc(N2CC[C@@H](N)C2)c1. The van der Waals surface area contributed by atoms with E-state index in [-0.39, 0.29) is 11.9 Å². The second-order valence-electron chi connectivity index (χ2n) is 7.87. The number of H-pyrrole nitrogens is 1. The molecule has 0 bridgehead atoms. The maximum Gasteiger partial charge on any atom is 0.247 e. The number of benzene rings is 1. The average Bonchev–Trinajstić information content (AvgIpc) is 3.45. The first-order chi connectivity index (χ1) is 15.6. The van der Waals surface area contributed by atoms with Crippen LogP contribution in [0.5, 0.6) is 0 Å². The van der Waals surface area contributed by atoms with E-state index in [0.29, 0.717) is 5.69 Å². The Labute approximate surface area is 185 Å². The largest absolute Gasteiger partial charge is 0.370 e. The van der Waals surface area contributed by atoms with E-state index in [1.807, 2.05) is 30.6 Å². The smallest absolute Gasteiger partial charge is 0.247 e. The van der Waals surface area contributed by atoms with Crippen LogP contribution in [0.1, 0.15) is 6.42 Å². The molecule has 0 saturated carbocycles. The van der Waals surface area contributed by atoms with Crippen LogP contribution >= 0.6 is 0 Å². The van der Waals surface area contributed by atoms with Gasteiger partial charge in [-0.1, -0.05) is 6.58 Å². The second-order valence-corrected chi connectivity index (χ2v) is 7.87. The molecule has 8 heteroatoms. The third-order valence-electron chi connectivity index (χ3n) is 5.68. The fraction of sp³-hybridized carbons (Fsp3) is 0.167. The molecule has 4 N–H and O–H groups in total. The molecule has 5 rings (SSSR count). The van der Waals surface area contributed by atoms with Crippen molar-refractivity contribution in [1.82, 2.24) is 19.9 Å². The number of aromatic amines is 1. The molecule has 1 saturated heterocycles. The van der Waals surface area contributed by atoms with E-state index in [0.717, 1.165) is 58.6 Å². The average molecular weight is 425 g/mol. The first kappa shape index (κ1) is 19.9. The Morgan fingerprint density at radius 3 is 2.91 bits per heavy atom. The summed E-state index contributed by atoms with van der Waals surface area (Å²) in [5.41, 5.74) is 12.3. The van der Waals surface area contributed by atoms with Crippen molar-refractivity contribution in [2.24, 2.45) is 5.73 Å². The molecule has 8 nitrogen and oxygen atoms in total. The minimum atomic E-state index is -0.253. The number of aromatic nitrogens is 4. The van der Waals surface area contributed by atoms with Crippen molar-refractivity contribution in [3.63, 3.8) is 0 Å². The van der Waals surface area contributed by atoms with E-state index in [2.05, 4.69) is 48.9 Å². The van der Waals surface area contributed by atoms with Crippen molar-refractivity contribution < 1.29 is 4.79 Å². The van der Waals surface area contributed by atoms with Crippen LogP contribution in [0.15, 0.2) is 67.9 Å². The lowest BCUT2D eigenvalue weighted by Crippen LogP contribution is -2.26. The molecule has 0 spiro atoms. The van der Waals surface area contributed by atoms with Crippen LogP contribution in [0.4, 0.5) is 11.4 Å². The minimum Gasteiger partial charge on any atom is -0.370 e. The number of carbonyl (C=O) groups excluding carboxylic acids is 1. The normalized spacial score (nSPS) is 15.8. The van der Waals surface area contributed by atoms with Gasteiger partial charge >= 0.3 is 0 Å². The zero-order valence-corrected chi connectivity index (χ0v) is 17.5. The van der Waals surface area contributed by atoms with Crippen LogP contribution in [-0.2, 0) is 4.79 Å². The number of rotatable bonds is 5. The van der Waals surface area contributed by atoms with Crippen LogP contribution in [0, 0.1) is 0 Å². The molecule has 32 heavy (non-hydrogen) atoms. The quantitative estimate of drug-likeness (QED) is 0.423. The van der Waals surface area contributed by atoms with Crippen LogP contribution in [0.2, 0.25) is 0 Å². The molecule has 3 aromatic heterocycles. The highest BCUT2D eigenvalue weighted by atomic mass is 16.1. The van der Waals surface area contributed by atoms with E-state index in [1.54, 1.807) is 6.20 Å². The fourth-order valence-corrected chi connectivity index (χ4v) is 4.07. The van der Waals surface area contributed by atoms with Gasteiger partial charge in [-0.15, -0.1) is 0 Å². The Morgan fingerprint density at radius 1 is 1.25 bits per heavy atom. The van der Waals surface area contributed by atoms with Gasteiger partial charge in [0.1, 0.15) is 12.0 Å². The van der Waals surface area contributed by atoms with E-state index in [9.17, 15) is 4.79 Å². The molecule has 1 aliphatic rings. The highest BCUT2D eigenvalue weighted by Gasteiger charge is 2.21. The van der Waals surface area contributed by atoms with E-state index in [4.69, 9.17) is 5.73 Å². The van der Waals surface area contributed by atoms with Gasteiger partial charge in [0.15, 0.2) is 0 Å². The number of hydrogen-bond donors (Lipinski definition) is 3. The Balaban J connectivity index is 1.60. The zero-order valence-electron chi connectivity index (χ0n) is 17.5. The molecule has 160 valence electrons. The summed E-state index contributed by atoms with van der Waals surface area (Å²) in [6.07, 6.45) is 9.19. The summed E-state index contributed by atoms with van der Waals surface area (Å²) in [5, 5.41) is 3.85. The van der Waals surface area contributed by atoms with Crippen molar-refractivity contribution in [3.05, 3.63) is 67.9 Å². The molecule has 1 fully saturated rings. The number of amides is 1. The Kier molecular flexibility index (Phi) is 5.12. The number of nitrogens with two attached hydrogens (primary N) is 1. The topological polar surface area (TPSA) is 113 Å². The predicted octanol–water partition coefficient (Wildman–Crippen LogP) is 3.35. The van der Waals surface area contributed by atoms with Crippen LogP contribution < -0.4 is 16.0 Å². The van der Waals surface area contributed by atoms with Crippen molar-refractivity contribution in [3.8, 4) is 22.4 Å². The van der Waals surface area contributed by atoms with Gasteiger partial charge in [-0.3, -0.25) is 4.79 Å². The number of nitrogens with zero attached hydrogens (tertiary/aromatic N) is 4. The molecule has 0 unspecified atom stereocenters.